The fourth-order valence-corrected chi connectivity index (χ4v) is 3.67. The molecule has 106 valence electrons. The zero-order valence-corrected chi connectivity index (χ0v) is 12.4. The largest absolute Gasteiger partial charge is 0.496 e. The van der Waals surface area contributed by atoms with Crippen LogP contribution in [0.5, 0.6) is 5.75 Å². The van der Waals surface area contributed by atoms with E-state index >= 15 is 0 Å². The van der Waals surface area contributed by atoms with E-state index in [9.17, 15) is 4.79 Å². The van der Waals surface area contributed by atoms with Gasteiger partial charge in [0.2, 0.25) is 0 Å². The summed E-state index contributed by atoms with van der Waals surface area (Å²) in [7, 11) is 3.51. The van der Waals surface area contributed by atoms with Gasteiger partial charge in [-0.05, 0) is 25.3 Å². The Hall–Kier alpha value is -1.07. The smallest absolute Gasteiger partial charge is 0.264 e. The topological polar surface area (TPSA) is 55.6 Å². The van der Waals surface area contributed by atoms with Crippen LogP contribution in [0.25, 0.3) is 0 Å². The van der Waals surface area contributed by atoms with Gasteiger partial charge in [0, 0.05) is 24.5 Å². The van der Waals surface area contributed by atoms with Crippen molar-refractivity contribution >= 4 is 17.2 Å². The number of rotatable bonds is 4. The number of nitrogens with zero attached hydrogens (tertiary/aromatic N) is 1. The molecule has 2 unspecified atom stereocenters. The standard InChI is InChI=1S/C14H22N2O2S/c1-16(12-6-4-3-5-10(12)8-15)14(17)13-7-11(18-2)9-19-13/h7,9-10,12H,3-6,8,15H2,1-2H3. The van der Waals surface area contributed by atoms with Crippen LogP contribution >= 0.6 is 11.3 Å². The highest BCUT2D eigenvalue weighted by molar-refractivity contribution is 7.12. The Labute approximate surface area is 118 Å². The van der Waals surface area contributed by atoms with Gasteiger partial charge in [-0.1, -0.05) is 12.8 Å². The van der Waals surface area contributed by atoms with Crippen LogP contribution in [0, 0.1) is 5.92 Å². The van der Waals surface area contributed by atoms with Crippen molar-refractivity contribution in [2.75, 3.05) is 20.7 Å². The van der Waals surface area contributed by atoms with Gasteiger partial charge in [0.25, 0.3) is 5.91 Å². The first-order valence-electron chi connectivity index (χ1n) is 6.77. The molecule has 1 fully saturated rings. The van der Waals surface area contributed by atoms with Crippen molar-refractivity contribution < 1.29 is 9.53 Å². The van der Waals surface area contributed by atoms with E-state index in [1.807, 2.05) is 23.4 Å². The molecule has 1 aliphatic rings. The lowest BCUT2D eigenvalue weighted by Gasteiger charge is -2.37. The van der Waals surface area contributed by atoms with Gasteiger partial charge in [-0.3, -0.25) is 4.79 Å². The second-order valence-corrected chi connectivity index (χ2v) is 6.03. The molecule has 1 aromatic rings. The van der Waals surface area contributed by atoms with Gasteiger partial charge in [-0.15, -0.1) is 11.3 Å². The number of ether oxygens (including phenoxy) is 1. The van der Waals surface area contributed by atoms with Crippen LogP contribution in [0.3, 0.4) is 0 Å². The molecule has 1 heterocycles. The van der Waals surface area contributed by atoms with E-state index in [0.29, 0.717) is 12.5 Å². The van der Waals surface area contributed by atoms with Gasteiger partial charge in [0.05, 0.1) is 12.0 Å². The highest BCUT2D eigenvalue weighted by Gasteiger charge is 2.30. The normalized spacial score (nSPS) is 23.1. The van der Waals surface area contributed by atoms with Crippen LogP contribution in [0.2, 0.25) is 0 Å². The Kier molecular flexibility index (Phi) is 4.82. The Morgan fingerprint density at radius 2 is 2.26 bits per heavy atom. The van der Waals surface area contributed by atoms with E-state index in [2.05, 4.69) is 0 Å². The van der Waals surface area contributed by atoms with E-state index < -0.39 is 0 Å². The third kappa shape index (κ3) is 3.09. The Bertz CT molecular complexity index is 433. The van der Waals surface area contributed by atoms with Crippen molar-refractivity contribution in [1.82, 2.24) is 4.90 Å². The predicted molar refractivity (Wildman–Crippen MR) is 77.8 cm³/mol. The van der Waals surface area contributed by atoms with Gasteiger partial charge >= 0.3 is 0 Å². The molecular weight excluding hydrogens is 260 g/mol. The first kappa shape index (κ1) is 14.3. The number of amides is 1. The zero-order valence-electron chi connectivity index (χ0n) is 11.6. The molecule has 0 aliphatic heterocycles. The van der Waals surface area contributed by atoms with Gasteiger partial charge in [0.15, 0.2) is 0 Å². The van der Waals surface area contributed by atoms with E-state index in [1.54, 1.807) is 7.11 Å². The maximum Gasteiger partial charge on any atom is 0.264 e. The van der Waals surface area contributed by atoms with Crippen LogP contribution in [0.4, 0.5) is 0 Å². The van der Waals surface area contributed by atoms with Crippen LogP contribution in [-0.4, -0.2) is 37.6 Å². The second-order valence-electron chi connectivity index (χ2n) is 5.11. The highest BCUT2D eigenvalue weighted by atomic mass is 32.1. The minimum atomic E-state index is 0.0821. The van der Waals surface area contributed by atoms with Crippen LogP contribution in [-0.2, 0) is 0 Å². The summed E-state index contributed by atoms with van der Waals surface area (Å²) in [5.74, 6) is 1.27. The summed E-state index contributed by atoms with van der Waals surface area (Å²) in [6.45, 7) is 0.663. The van der Waals surface area contributed by atoms with Crippen LogP contribution in [0.15, 0.2) is 11.4 Å². The number of methoxy groups -OCH3 is 1. The SMILES string of the molecule is COc1csc(C(=O)N(C)C2CCCCC2CN)c1. The molecule has 0 aromatic carbocycles. The number of carbonyl (C=O) groups is 1. The molecule has 4 nitrogen and oxygen atoms in total. The van der Waals surface area contributed by atoms with E-state index in [4.69, 9.17) is 10.5 Å². The highest BCUT2D eigenvalue weighted by Crippen LogP contribution is 2.29. The number of hydrogen-bond donors (Lipinski definition) is 1. The van der Waals surface area contributed by atoms with Gasteiger partial charge in [-0.2, -0.15) is 0 Å². The van der Waals surface area contributed by atoms with Crippen molar-refractivity contribution in [3.8, 4) is 5.75 Å². The Morgan fingerprint density at radius 1 is 1.53 bits per heavy atom. The van der Waals surface area contributed by atoms with Crippen molar-refractivity contribution in [3.05, 3.63) is 16.3 Å². The molecule has 1 aromatic heterocycles. The van der Waals surface area contributed by atoms with E-state index in [0.717, 1.165) is 23.5 Å². The molecular formula is C14H22N2O2S. The van der Waals surface area contributed by atoms with E-state index in [-0.39, 0.29) is 11.9 Å². The molecule has 2 rings (SSSR count). The second kappa shape index (κ2) is 6.39. The average molecular weight is 282 g/mol. The summed E-state index contributed by atoms with van der Waals surface area (Å²) in [6.07, 6.45) is 4.61. The predicted octanol–water partition coefficient (Wildman–Crippen LogP) is 2.35. The minimum Gasteiger partial charge on any atom is -0.496 e. The lowest BCUT2D eigenvalue weighted by atomic mass is 9.83. The molecule has 1 amide bonds. The van der Waals surface area contributed by atoms with Gasteiger partial charge in [-0.25, -0.2) is 0 Å². The lowest BCUT2D eigenvalue weighted by molar-refractivity contribution is 0.0625. The summed E-state index contributed by atoms with van der Waals surface area (Å²) in [5.41, 5.74) is 5.84. The summed E-state index contributed by atoms with van der Waals surface area (Å²) in [6, 6.07) is 2.09. The Morgan fingerprint density at radius 3 is 2.89 bits per heavy atom. The van der Waals surface area contributed by atoms with Gasteiger partial charge in [0.1, 0.15) is 5.75 Å². The van der Waals surface area contributed by atoms with Crippen molar-refractivity contribution in [1.29, 1.82) is 0 Å². The quantitative estimate of drug-likeness (QED) is 0.922. The first-order chi connectivity index (χ1) is 9.17. The molecule has 0 spiro atoms. The number of carbonyl (C=O) groups excluding carboxylic acids is 1. The molecule has 19 heavy (non-hydrogen) atoms. The molecule has 0 radical (unpaired) electrons. The molecule has 0 bridgehead atoms. The number of thiophene rings is 1. The molecule has 1 aliphatic carbocycles. The van der Waals surface area contributed by atoms with Crippen molar-refractivity contribution in [3.63, 3.8) is 0 Å². The summed E-state index contributed by atoms with van der Waals surface area (Å²) < 4.78 is 5.13. The van der Waals surface area contributed by atoms with Crippen LogP contribution in [0.1, 0.15) is 35.4 Å². The van der Waals surface area contributed by atoms with E-state index in [1.165, 1.54) is 24.2 Å². The lowest BCUT2D eigenvalue weighted by Crippen LogP contribution is -2.45. The van der Waals surface area contributed by atoms with Crippen molar-refractivity contribution in [2.24, 2.45) is 11.7 Å². The molecule has 5 heteroatoms. The fraction of sp³-hybridized carbons (Fsp3) is 0.643. The monoisotopic (exact) mass is 282 g/mol. The maximum absolute atomic E-state index is 12.5. The Balaban J connectivity index is 2.08. The minimum absolute atomic E-state index is 0.0821. The van der Waals surface area contributed by atoms with Gasteiger partial charge < -0.3 is 15.4 Å². The molecule has 0 saturated heterocycles. The summed E-state index contributed by atoms with van der Waals surface area (Å²) >= 11 is 1.44. The summed E-state index contributed by atoms with van der Waals surface area (Å²) in [5, 5.41) is 1.86. The number of nitrogens with two attached hydrogens (primary N) is 1. The first-order valence-corrected chi connectivity index (χ1v) is 7.65. The number of hydrogen-bond acceptors (Lipinski definition) is 4. The molecule has 2 N–H and O–H groups in total. The third-order valence-electron chi connectivity index (χ3n) is 4.01. The van der Waals surface area contributed by atoms with Crippen molar-refractivity contribution in [2.45, 2.75) is 31.7 Å². The maximum atomic E-state index is 12.5. The molecule has 2 atom stereocenters. The summed E-state index contributed by atoms with van der Waals surface area (Å²) in [4.78, 5) is 15.1. The fourth-order valence-electron chi connectivity index (χ4n) is 2.84. The molecule has 1 saturated carbocycles. The third-order valence-corrected chi connectivity index (χ3v) is 4.91. The zero-order chi connectivity index (χ0) is 13.8. The average Bonchev–Trinajstić information content (AvgIpc) is 2.94. The van der Waals surface area contributed by atoms with Crippen LogP contribution < -0.4 is 10.5 Å².